The number of halogens is 1. The van der Waals surface area contributed by atoms with Crippen molar-refractivity contribution >= 4 is 29.0 Å². The summed E-state index contributed by atoms with van der Waals surface area (Å²) in [6.45, 7) is 0.0458. The number of hydrogen-bond donors (Lipinski definition) is 0. The van der Waals surface area contributed by atoms with Gasteiger partial charge in [0.1, 0.15) is 18.7 Å². The van der Waals surface area contributed by atoms with E-state index in [0.29, 0.717) is 22.0 Å². The molecule has 0 N–H and O–H groups in total. The third-order valence-corrected chi connectivity index (χ3v) is 6.30. The van der Waals surface area contributed by atoms with Crippen LogP contribution in [0.4, 0.5) is 10.5 Å². The molecule has 37 heavy (non-hydrogen) atoms. The van der Waals surface area contributed by atoms with Crippen LogP contribution in [0.1, 0.15) is 17.2 Å². The van der Waals surface area contributed by atoms with Crippen LogP contribution in [0.25, 0.3) is 11.1 Å². The second kappa shape index (κ2) is 10.4. The van der Waals surface area contributed by atoms with E-state index in [4.69, 9.17) is 11.6 Å². The van der Waals surface area contributed by atoms with Crippen molar-refractivity contribution in [3.05, 3.63) is 107 Å². The van der Waals surface area contributed by atoms with E-state index < -0.39 is 12.1 Å². The number of nitrogens with zero attached hydrogens (tertiary/aromatic N) is 7. The average molecular weight is 506 g/mol. The molecule has 2 amide bonds. The summed E-state index contributed by atoms with van der Waals surface area (Å²) in [5, 5.41) is 29.6. The fourth-order valence-electron chi connectivity index (χ4n) is 4.20. The van der Waals surface area contributed by atoms with Crippen LogP contribution in [-0.2, 0) is 0 Å². The fraction of sp³-hybridized carbons (Fsp3) is 0.107. The SMILES string of the molecule is N#CCN(C(=O)N1CC(n2cc(C#N)cn2)C(c2ccc(Cl)cc2)=N1)c1ccc(-c2ccccc2)cc1. The van der Waals surface area contributed by atoms with E-state index in [9.17, 15) is 15.3 Å². The third-order valence-electron chi connectivity index (χ3n) is 6.05. The Morgan fingerprint density at radius 1 is 0.973 bits per heavy atom. The highest BCUT2D eigenvalue weighted by Gasteiger charge is 2.35. The smallest absolute Gasteiger partial charge is 0.279 e. The molecule has 4 aromatic rings. The van der Waals surface area contributed by atoms with E-state index in [0.717, 1.165) is 16.7 Å². The number of anilines is 1. The molecule has 8 nitrogen and oxygen atoms in total. The van der Waals surface area contributed by atoms with Crippen LogP contribution < -0.4 is 4.90 Å². The first-order valence-corrected chi connectivity index (χ1v) is 11.9. The summed E-state index contributed by atoms with van der Waals surface area (Å²) >= 11 is 6.07. The largest absolute Gasteiger partial charge is 0.345 e. The van der Waals surface area contributed by atoms with Crippen LogP contribution in [0.2, 0.25) is 5.02 Å². The van der Waals surface area contributed by atoms with Crippen molar-refractivity contribution in [1.29, 1.82) is 10.5 Å². The molecule has 0 bridgehead atoms. The number of carbonyl (C=O) groups excluding carboxylic acids is 1. The number of aromatic nitrogens is 2. The lowest BCUT2D eigenvalue weighted by Crippen LogP contribution is -2.41. The summed E-state index contributed by atoms with van der Waals surface area (Å²) in [5.41, 5.74) is 4.44. The molecule has 180 valence electrons. The van der Waals surface area contributed by atoms with Gasteiger partial charge in [-0.05, 0) is 35.4 Å². The molecule has 1 aromatic heterocycles. The predicted molar refractivity (Wildman–Crippen MR) is 141 cm³/mol. The minimum atomic E-state index is -0.435. The second-order valence-corrected chi connectivity index (χ2v) is 8.79. The molecule has 1 unspecified atom stereocenters. The fourth-order valence-corrected chi connectivity index (χ4v) is 4.32. The standard InChI is InChI=1S/C28H20ClN7O/c29-24-10-6-23(7-11-24)27-26(35-18-20(16-31)17-32-35)19-36(33-27)28(37)34(15-14-30)25-12-8-22(9-13-25)21-4-2-1-3-5-21/h1-13,17-18,26H,15,19H2. The van der Waals surface area contributed by atoms with Crippen molar-refractivity contribution in [1.82, 2.24) is 14.8 Å². The lowest BCUT2D eigenvalue weighted by atomic mass is 10.0. The average Bonchev–Trinajstić information content (AvgIpc) is 3.60. The van der Waals surface area contributed by atoms with Gasteiger partial charge >= 0.3 is 6.03 Å². The zero-order chi connectivity index (χ0) is 25.8. The number of benzene rings is 3. The van der Waals surface area contributed by atoms with Gasteiger partial charge in [-0.25, -0.2) is 9.80 Å². The minimum Gasteiger partial charge on any atom is -0.279 e. The van der Waals surface area contributed by atoms with E-state index in [-0.39, 0.29) is 13.1 Å². The molecule has 0 fully saturated rings. The zero-order valence-electron chi connectivity index (χ0n) is 19.6. The van der Waals surface area contributed by atoms with Crippen LogP contribution in [0.15, 0.2) is 96.4 Å². The van der Waals surface area contributed by atoms with E-state index >= 15 is 0 Å². The molecular formula is C28H20ClN7O. The lowest BCUT2D eigenvalue weighted by Gasteiger charge is -2.24. The molecule has 0 saturated carbocycles. The minimum absolute atomic E-state index is 0.142. The summed E-state index contributed by atoms with van der Waals surface area (Å²) in [6, 6.07) is 27.9. The highest BCUT2D eigenvalue weighted by molar-refractivity contribution is 6.30. The van der Waals surface area contributed by atoms with Gasteiger partial charge in [-0.1, -0.05) is 66.2 Å². The maximum absolute atomic E-state index is 13.7. The highest BCUT2D eigenvalue weighted by atomic mass is 35.5. The number of nitriles is 2. The molecule has 0 spiro atoms. The van der Waals surface area contributed by atoms with Gasteiger partial charge in [-0.2, -0.15) is 20.7 Å². The van der Waals surface area contributed by atoms with Crippen LogP contribution in [0.5, 0.6) is 0 Å². The summed E-state index contributed by atoms with van der Waals surface area (Å²) in [7, 11) is 0. The van der Waals surface area contributed by atoms with Gasteiger partial charge in [0.25, 0.3) is 0 Å². The summed E-state index contributed by atoms with van der Waals surface area (Å²) < 4.78 is 1.63. The molecule has 5 rings (SSSR count). The first kappa shape index (κ1) is 23.8. The van der Waals surface area contributed by atoms with E-state index in [1.165, 1.54) is 16.1 Å². The van der Waals surface area contributed by atoms with Gasteiger partial charge in [-0.3, -0.25) is 9.58 Å². The van der Waals surface area contributed by atoms with Crippen LogP contribution in [-0.4, -0.2) is 39.6 Å². The number of carbonyl (C=O) groups is 1. The molecule has 0 saturated heterocycles. The summed E-state index contributed by atoms with van der Waals surface area (Å²) in [5.74, 6) is 0. The van der Waals surface area contributed by atoms with Gasteiger partial charge in [0.15, 0.2) is 0 Å². The Bertz CT molecular complexity index is 1530. The lowest BCUT2D eigenvalue weighted by molar-refractivity contribution is 0.209. The maximum Gasteiger partial charge on any atom is 0.345 e. The predicted octanol–water partition coefficient (Wildman–Crippen LogP) is 5.49. The van der Waals surface area contributed by atoms with Gasteiger partial charge in [0, 0.05) is 22.5 Å². The van der Waals surface area contributed by atoms with E-state index in [1.807, 2.05) is 66.7 Å². The number of rotatable bonds is 5. The molecule has 1 aliphatic heterocycles. The Hall–Kier alpha value is -4.92. The quantitative estimate of drug-likeness (QED) is 0.335. The maximum atomic E-state index is 13.7. The Morgan fingerprint density at radius 3 is 2.30 bits per heavy atom. The number of hydrazone groups is 1. The molecular weight excluding hydrogens is 486 g/mol. The van der Waals surface area contributed by atoms with Gasteiger partial charge < -0.3 is 0 Å². The molecule has 2 heterocycles. The Labute approximate surface area is 218 Å². The summed E-state index contributed by atoms with van der Waals surface area (Å²) in [6.07, 6.45) is 3.10. The molecule has 9 heteroatoms. The van der Waals surface area contributed by atoms with Crippen LogP contribution in [0, 0.1) is 22.7 Å². The van der Waals surface area contributed by atoms with Crippen molar-refractivity contribution < 1.29 is 4.79 Å². The monoisotopic (exact) mass is 505 g/mol. The zero-order valence-corrected chi connectivity index (χ0v) is 20.3. The van der Waals surface area contributed by atoms with Crippen molar-refractivity contribution in [2.24, 2.45) is 5.10 Å². The van der Waals surface area contributed by atoms with Crippen molar-refractivity contribution in [3.63, 3.8) is 0 Å². The first-order valence-electron chi connectivity index (χ1n) is 11.5. The Morgan fingerprint density at radius 2 is 1.65 bits per heavy atom. The van der Waals surface area contributed by atoms with Crippen LogP contribution in [0.3, 0.4) is 0 Å². The second-order valence-electron chi connectivity index (χ2n) is 8.35. The number of urea groups is 1. The molecule has 1 atom stereocenters. The van der Waals surface area contributed by atoms with Gasteiger partial charge in [0.2, 0.25) is 0 Å². The van der Waals surface area contributed by atoms with E-state index in [2.05, 4.69) is 22.3 Å². The molecule has 1 aliphatic rings. The van der Waals surface area contributed by atoms with Crippen molar-refractivity contribution in [2.45, 2.75) is 6.04 Å². The molecule has 0 radical (unpaired) electrons. The highest BCUT2D eigenvalue weighted by Crippen LogP contribution is 2.28. The van der Waals surface area contributed by atoms with Crippen LogP contribution >= 0.6 is 11.6 Å². The van der Waals surface area contributed by atoms with Gasteiger partial charge in [-0.15, -0.1) is 0 Å². The van der Waals surface area contributed by atoms with Gasteiger partial charge in [0.05, 0.1) is 30.1 Å². The third kappa shape index (κ3) is 4.92. The van der Waals surface area contributed by atoms with Crippen molar-refractivity contribution in [3.8, 4) is 23.3 Å². The first-order chi connectivity index (χ1) is 18.1. The Balaban J connectivity index is 1.46. The topological polar surface area (TPSA) is 101 Å². The van der Waals surface area contributed by atoms with E-state index in [1.54, 1.807) is 23.0 Å². The molecule has 3 aromatic carbocycles. The number of hydrogen-bond acceptors (Lipinski definition) is 5. The molecule has 0 aliphatic carbocycles. The number of amides is 2. The normalized spacial score (nSPS) is 14.5. The Kier molecular flexibility index (Phi) is 6.67. The van der Waals surface area contributed by atoms with Crippen molar-refractivity contribution in [2.75, 3.05) is 18.0 Å². The summed E-state index contributed by atoms with van der Waals surface area (Å²) in [4.78, 5) is 15.0.